The Morgan fingerprint density at radius 3 is 2.29 bits per heavy atom. The summed E-state index contributed by atoms with van der Waals surface area (Å²) in [6, 6.07) is 16.4. The van der Waals surface area contributed by atoms with Crippen LogP contribution in [0.15, 0.2) is 59.5 Å². The minimum absolute atomic E-state index is 0.117. The second kappa shape index (κ2) is 8.55. The first kappa shape index (κ1) is 18.1. The molecule has 1 atom stereocenters. The number of nitrogens with zero attached hydrogens (tertiary/aromatic N) is 1. The Labute approximate surface area is 147 Å². The average molecular weight is 342 g/mol. The number of thioether (sulfide) groups is 1. The van der Waals surface area contributed by atoms with Crippen LogP contribution < -0.4 is 5.32 Å². The van der Waals surface area contributed by atoms with Crippen LogP contribution in [0, 0.1) is 0 Å². The van der Waals surface area contributed by atoms with Gasteiger partial charge in [0.1, 0.15) is 6.04 Å². The number of benzene rings is 2. The van der Waals surface area contributed by atoms with Crippen LogP contribution in [0.25, 0.3) is 0 Å². The van der Waals surface area contributed by atoms with E-state index in [2.05, 4.69) is 5.32 Å². The van der Waals surface area contributed by atoms with Gasteiger partial charge in [-0.2, -0.15) is 0 Å². The molecule has 0 radical (unpaired) electrons. The lowest BCUT2D eigenvalue weighted by Crippen LogP contribution is -2.45. The van der Waals surface area contributed by atoms with Crippen LogP contribution in [-0.2, 0) is 11.3 Å². The highest BCUT2D eigenvalue weighted by Crippen LogP contribution is 2.15. The number of hydrogen-bond donors (Lipinski definition) is 1. The molecule has 1 N–H and O–H groups in total. The molecule has 4 nitrogen and oxygen atoms in total. The number of rotatable bonds is 6. The molecule has 0 aromatic heterocycles. The van der Waals surface area contributed by atoms with Gasteiger partial charge >= 0.3 is 0 Å². The van der Waals surface area contributed by atoms with Crippen LogP contribution in [0.4, 0.5) is 0 Å². The van der Waals surface area contributed by atoms with Gasteiger partial charge in [-0.05, 0) is 43.0 Å². The van der Waals surface area contributed by atoms with Crippen molar-refractivity contribution in [2.45, 2.75) is 24.4 Å². The molecule has 126 valence electrons. The van der Waals surface area contributed by atoms with Gasteiger partial charge in [0, 0.05) is 24.1 Å². The van der Waals surface area contributed by atoms with Crippen LogP contribution >= 0.6 is 11.8 Å². The molecule has 0 aliphatic rings. The smallest absolute Gasteiger partial charge is 0.251 e. The Hall–Kier alpha value is -2.27. The Morgan fingerprint density at radius 1 is 1.08 bits per heavy atom. The van der Waals surface area contributed by atoms with Crippen LogP contribution in [-0.4, -0.2) is 36.1 Å². The molecule has 2 rings (SSSR count). The van der Waals surface area contributed by atoms with Crippen molar-refractivity contribution in [3.63, 3.8) is 0 Å². The van der Waals surface area contributed by atoms with Gasteiger partial charge < -0.3 is 10.2 Å². The number of carbonyl (C=O) groups excluding carboxylic acids is 2. The monoisotopic (exact) mass is 342 g/mol. The molecule has 0 aliphatic carbocycles. The van der Waals surface area contributed by atoms with Crippen molar-refractivity contribution in [1.29, 1.82) is 0 Å². The third-order valence-corrected chi connectivity index (χ3v) is 4.45. The van der Waals surface area contributed by atoms with E-state index in [9.17, 15) is 9.59 Å². The summed E-state index contributed by atoms with van der Waals surface area (Å²) in [5, 5.41) is 2.75. The molecule has 2 aromatic carbocycles. The molecule has 0 heterocycles. The summed E-state index contributed by atoms with van der Waals surface area (Å²) in [6.07, 6.45) is 2.03. The molecule has 0 fully saturated rings. The molecule has 2 aromatic rings. The predicted octanol–water partition coefficient (Wildman–Crippen LogP) is 3.19. The van der Waals surface area contributed by atoms with Gasteiger partial charge in [0.15, 0.2) is 0 Å². The van der Waals surface area contributed by atoms with Gasteiger partial charge in [0.05, 0.1) is 0 Å². The van der Waals surface area contributed by atoms with Gasteiger partial charge in [-0.3, -0.25) is 9.59 Å². The van der Waals surface area contributed by atoms with Gasteiger partial charge in [0.25, 0.3) is 5.91 Å². The summed E-state index contributed by atoms with van der Waals surface area (Å²) in [4.78, 5) is 27.4. The zero-order valence-electron chi connectivity index (χ0n) is 14.2. The Morgan fingerprint density at radius 2 is 1.71 bits per heavy atom. The fourth-order valence-corrected chi connectivity index (χ4v) is 2.75. The number of carbonyl (C=O) groups is 2. The fraction of sp³-hybridized carbons (Fsp3) is 0.263. The zero-order chi connectivity index (χ0) is 17.5. The first-order chi connectivity index (χ1) is 11.5. The second-order valence-corrected chi connectivity index (χ2v) is 6.48. The fourth-order valence-electron chi connectivity index (χ4n) is 2.34. The van der Waals surface area contributed by atoms with Crippen molar-refractivity contribution >= 4 is 23.6 Å². The number of nitrogens with one attached hydrogen (secondary N) is 1. The highest BCUT2D eigenvalue weighted by Gasteiger charge is 2.20. The molecule has 0 spiro atoms. The lowest BCUT2D eigenvalue weighted by atomic mass is 10.2. The first-order valence-corrected chi connectivity index (χ1v) is 8.97. The Kier molecular flexibility index (Phi) is 6.44. The van der Waals surface area contributed by atoms with Crippen molar-refractivity contribution in [3.8, 4) is 0 Å². The van der Waals surface area contributed by atoms with Crippen LogP contribution in [0.5, 0.6) is 0 Å². The maximum Gasteiger partial charge on any atom is 0.251 e. The van der Waals surface area contributed by atoms with E-state index in [1.54, 1.807) is 54.9 Å². The lowest BCUT2D eigenvalue weighted by Gasteiger charge is -2.22. The number of hydrogen-bond acceptors (Lipinski definition) is 3. The summed E-state index contributed by atoms with van der Waals surface area (Å²) in [5.74, 6) is -0.359. The summed E-state index contributed by atoms with van der Waals surface area (Å²) in [5.41, 5.74) is 1.61. The van der Waals surface area contributed by atoms with Crippen molar-refractivity contribution in [3.05, 3.63) is 65.7 Å². The highest BCUT2D eigenvalue weighted by molar-refractivity contribution is 7.98. The van der Waals surface area contributed by atoms with E-state index in [-0.39, 0.29) is 11.8 Å². The molecule has 0 bridgehead atoms. The van der Waals surface area contributed by atoms with Crippen LogP contribution in [0.2, 0.25) is 0 Å². The van der Waals surface area contributed by atoms with E-state index in [0.717, 1.165) is 5.56 Å². The molecular formula is C19H22N2O2S. The third-order valence-electron chi connectivity index (χ3n) is 3.71. The van der Waals surface area contributed by atoms with E-state index >= 15 is 0 Å². The van der Waals surface area contributed by atoms with Gasteiger partial charge in [-0.25, -0.2) is 0 Å². The molecule has 24 heavy (non-hydrogen) atoms. The van der Waals surface area contributed by atoms with Crippen molar-refractivity contribution in [1.82, 2.24) is 10.2 Å². The molecule has 2 amide bonds. The molecular weight excluding hydrogens is 320 g/mol. The summed E-state index contributed by atoms with van der Waals surface area (Å²) >= 11 is 1.68. The molecule has 0 saturated heterocycles. The Balaban J connectivity index is 1.92. The lowest BCUT2D eigenvalue weighted by molar-refractivity contribution is -0.132. The SMILES string of the molecule is CSc1ccc(CN(C)C(=O)C(C)NC(=O)c2ccccc2)cc1. The van der Waals surface area contributed by atoms with Crippen LogP contribution in [0.3, 0.4) is 0 Å². The van der Waals surface area contributed by atoms with E-state index in [1.165, 1.54) is 4.90 Å². The topological polar surface area (TPSA) is 49.4 Å². The predicted molar refractivity (Wildman–Crippen MR) is 98.1 cm³/mol. The van der Waals surface area contributed by atoms with Crippen molar-refractivity contribution < 1.29 is 9.59 Å². The van der Waals surface area contributed by atoms with E-state index in [0.29, 0.717) is 12.1 Å². The summed E-state index contributed by atoms with van der Waals surface area (Å²) < 4.78 is 0. The van der Waals surface area contributed by atoms with Gasteiger partial charge in [-0.1, -0.05) is 30.3 Å². The van der Waals surface area contributed by atoms with E-state index in [1.807, 2.05) is 36.6 Å². The Bertz CT molecular complexity index is 686. The normalized spacial score (nSPS) is 11.6. The maximum absolute atomic E-state index is 12.4. The molecule has 0 saturated carbocycles. The molecule has 0 aliphatic heterocycles. The zero-order valence-corrected chi connectivity index (χ0v) is 15.0. The largest absolute Gasteiger partial charge is 0.341 e. The maximum atomic E-state index is 12.4. The van der Waals surface area contributed by atoms with Crippen molar-refractivity contribution in [2.24, 2.45) is 0 Å². The van der Waals surface area contributed by atoms with E-state index in [4.69, 9.17) is 0 Å². The minimum Gasteiger partial charge on any atom is -0.341 e. The summed E-state index contributed by atoms with van der Waals surface area (Å²) in [7, 11) is 1.75. The first-order valence-electron chi connectivity index (χ1n) is 7.75. The standard InChI is InChI=1S/C19H22N2O2S/c1-14(20-18(22)16-7-5-4-6-8-16)19(23)21(2)13-15-9-11-17(24-3)12-10-15/h4-12,14H,13H2,1-3H3,(H,20,22). The average Bonchev–Trinajstić information content (AvgIpc) is 2.62. The molecule has 5 heteroatoms. The van der Waals surface area contributed by atoms with Gasteiger partial charge in [-0.15, -0.1) is 11.8 Å². The second-order valence-electron chi connectivity index (χ2n) is 5.60. The van der Waals surface area contributed by atoms with Crippen LogP contribution in [0.1, 0.15) is 22.8 Å². The number of amides is 2. The minimum atomic E-state index is -0.576. The third kappa shape index (κ3) is 4.86. The quantitative estimate of drug-likeness (QED) is 0.820. The molecule has 1 unspecified atom stereocenters. The highest BCUT2D eigenvalue weighted by atomic mass is 32.2. The van der Waals surface area contributed by atoms with E-state index < -0.39 is 6.04 Å². The van der Waals surface area contributed by atoms with Crippen molar-refractivity contribution in [2.75, 3.05) is 13.3 Å². The van der Waals surface area contributed by atoms with Gasteiger partial charge in [0.2, 0.25) is 5.91 Å². The summed E-state index contributed by atoms with van der Waals surface area (Å²) in [6.45, 7) is 2.22. The number of likely N-dealkylation sites (N-methyl/N-ethyl adjacent to an activating group) is 1.